The molecule has 3 fully saturated rings. The lowest BCUT2D eigenvalue weighted by molar-refractivity contribution is -0.131. The summed E-state index contributed by atoms with van der Waals surface area (Å²) < 4.78 is 0. The summed E-state index contributed by atoms with van der Waals surface area (Å²) >= 11 is 0. The van der Waals surface area contributed by atoms with Crippen LogP contribution in [0.15, 0.2) is 54.1 Å². The monoisotopic (exact) mass is 469 g/mol. The average Bonchev–Trinajstić information content (AvgIpc) is 3.21. The Hall–Kier alpha value is -2.09. The first-order valence-corrected chi connectivity index (χ1v) is 14.1. The standard InChI is InChI=1S/C33H43NO/c1-22(35)34(5)27-15-18-31(2)26(21-27)14-17-33(4)29-13-12-28(32(29,3)19-16-30(31)33)25-11-10-23-8-6-7-9-24(23)20-25/h6-11,14,20,27-30H,12-13,15-19,21H2,1-5H3/t27-,28-,29-,30-,31+,32-,33+/m1/s1. The number of carbonyl (C=O) groups is 1. The Labute approximate surface area is 212 Å². The molecule has 0 aliphatic heterocycles. The Morgan fingerprint density at radius 3 is 2.43 bits per heavy atom. The number of allylic oxidation sites excluding steroid dienone is 1. The Morgan fingerprint density at radius 1 is 0.886 bits per heavy atom. The Balaban J connectivity index is 1.31. The third kappa shape index (κ3) is 3.31. The summed E-state index contributed by atoms with van der Waals surface area (Å²) in [5.41, 5.74) is 4.32. The molecule has 7 atom stereocenters. The van der Waals surface area contributed by atoms with Crippen molar-refractivity contribution < 1.29 is 4.79 Å². The lowest BCUT2D eigenvalue weighted by atomic mass is 9.41. The van der Waals surface area contributed by atoms with Crippen LogP contribution < -0.4 is 0 Å². The molecule has 0 N–H and O–H groups in total. The molecule has 3 saturated carbocycles. The van der Waals surface area contributed by atoms with Crippen molar-refractivity contribution in [2.24, 2.45) is 28.1 Å². The van der Waals surface area contributed by atoms with E-state index in [2.05, 4.69) is 69.3 Å². The van der Waals surface area contributed by atoms with Crippen LogP contribution in [0.2, 0.25) is 0 Å². The van der Waals surface area contributed by atoms with E-state index in [9.17, 15) is 4.79 Å². The van der Waals surface area contributed by atoms with Gasteiger partial charge in [-0.25, -0.2) is 0 Å². The number of hydrogen-bond donors (Lipinski definition) is 0. The Kier molecular flexibility index (Phi) is 5.30. The van der Waals surface area contributed by atoms with Crippen LogP contribution in [0, 0.1) is 28.1 Å². The molecule has 2 aromatic carbocycles. The van der Waals surface area contributed by atoms with Crippen LogP contribution in [0.25, 0.3) is 10.8 Å². The minimum atomic E-state index is 0.207. The van der Waals surface area contributed by atoms with Crippen molar-refractivity contribution in [1.82, 2.24) is 4.90 Å². The average molecular weight is 470 g/mol. The molecule has 35 heavy (non-hydrogen) atoms. The van der Waals surface area contributed by atoms with E-state index in [1.807, 2.05) is 11.9 Å². The lowest BCUT2D eigenvalue weighted by Crippen LogP contribution is -2.56. The molecule has 0 spiro atoms. The van der Waals surface area contributed by atoms with Crippen molar-refractivity contribution in [3.8, 4) is 0 Å². The van der Waals surface area contributed by atoms with Gasteiger partial charge in [0.25, 0.3) is 0 Å². The fourth-order valence-electron chi connectivity index (χ4n) is 9.86. The molecule has 0 bridgehead atoms. The summed E-state index contributed by atoms with van der Waals surface area (Å²) in [5, 5.41) is 2.75. The molecule has 0 aromatic heterocycles. The van der Waals surface area contributed by atoms with Crippen molar-refractivity contribution in [2.75, 3.05) is 7.05 Å². The van der Waals surface area contributed by atoms with Gasteiger partial charge in [0.15, 0.2) is 0 Å². The van der Waals surface area contributed by atoms with Crippen molar-refractivity contribution in [2.45, 2.75) is 91.0 Å². The maximum atomic E-state index is 12.0. The van der Waals surface area contributed by atoms with Crippen LogP contribution in [0.5, 0.6) is 0 Å². The second-order valence-corrected chi connectivity index (χ2v) is 13.3. The highest BCUT2D eigenvalue weighted by Gasteiger charge is 2.63. The molecular formula is C33H43NO. The van der Waals surface area contributed by atoms with Crippen LogP contribution in [-0.4, -0.2) is 23.9 Å². The van der Waals surface area contributed by atoms with Gasteiger partial charge in [-0.15, -0.1) is 0 Å². The van der Waals surface area contributed by atoms with Crippen molar-refractivity contribution in [3.63, 3.8) is 0 Å². The van der Waals surface area contributed by atoms with Crippen LogP contribution in [-0.2, 0) is 4.79 Å². The van der Waals surface area contributed by atoms with E-state index < -0.39 is 0 Å². The highest BCUT2D eigenvalue weighted by molar-refractivity contribution is 5.83. The van der Waals surface area contributed by atoms with Gasteiger partial charge in [-0.1, -0.05) is 74.9 Å². The second-order valence-electron chi connectivity index (χ2n) is 13.3. The fourth-order valence-corrected chi connectivity index (χ4v) is 9.86. The van der Waals surface area contributed by atoms with E-state index in [4.69, 9.17) is 0 Å². The number of fused-ring (bicyclic) bond motifs is 6. The van der Waals surface area contributed by atoms with Crippen molar-refractivity contribution >= 4 is 16.7 Å². The lowest BCUT2D eigenvalue weighted by Gasteiger charge is -2.63. The largest absolute Gasteiger partial charge is 0.343 e. The van der Waals surface area contributed by atoms with Crippen LogP contribution in [0.4, 0.5) is 0 Å². The highest BCUT2D eigenvalue weighted by Crippen LogP contribution is 2.72. The predicted molar refractivity (Wildman–Crippen MR) is 145 cm³/mol. The molecule has 2 heteroatoms. The van der Waals surface area contributed by atoms with Crippen LogP contribution in [0.1, 0.15) is 90.5 Å². The van der Waals surface area contributed by atoms with Crippen molar-refractivity contribution in [3.05, 3.63) is 59.7 Å². The zero-order valence-electron chi connectivity index (χ0n) is 22.4. The van der Waals surface area contributed by atoms with E-state index in [0.29, 0.717) is 28.2 Å². The van der Waals surface area contributed by atoms with Gasteiger partial charge in [-0.05, 0) is 102 Å². The van der Waals surface area contributed by atoms with Crippen LogP contribution in [0.3, 0.4) is 0 Å². The number of amides is 1. The number of nitrogens with zero attached hydrogens (tertiary/aromatic N) is 1. The minimum absolute atomic E-state index is 0.207. The third-order valence-electron chi connectivity index (χ3n) is 11.9. The molecular weight excluding hydrogens is 426 g/mol. The molecule has 0 heterocycles. The van der Waals surface area contributed by atoms with E-state index in [1.165, 1.54) is 49.3 Å². The normalized spacial score (nSPS) is 40.4. The molecule has 186 valence electrons. The van der Waals surface area contributed by atoms with Gasteiger partial charge in [0.2, 0.25) is 5.91 Å². The van der Waals surface area contributed by atoms with Gasteiger partial charge in [-0.2, -0.15) is 0 Å². The fraction of sp³-hybridized carbons (Fsp3) is 0.606. The molecule has 4 aliphatic rings. The summed E-state index contributed by atoms with van der Waals surface area (Å²) in [7, 11) is 2.00. The van der Waals surface area contributed by atoms with Gasteiger partial charge < -0.3 is 4.90 Å². The van der Waals surface area contributed by atoms with Gasteiger partial charge in [0.1, 0.15) is 0 Å². The summed E-state index contributed by atoms with van der Waals surface area (Å²) in [5.74, 6) is 2.44. The molecule has 4 aliphatic carbocycles. The SMILES string of the molecule is CC(=O)N(C)[C@@H]1CC[C@@]2(C)C(=CC[C@@]3(C)[C@@H]4CC[C@H](c5ccc6ccccc6c5)[C@@]4(C)CC[C@@H]32)C1. The Morgan fingerprint density at radius 2 is 1.66 bits per heavy atom. The molecule has 2 aromatic rings. The molecule has 0 radical (unpaired) electrons. The quantitative estimate of drug-likeness (QED) is 0.407. The third-order valence-corrected chi connectivity index (χ3v) is 11.9. The molecule has 0 unspecified atom stereocenters. The first-order chi connectivity index (χ1) is 16.7. The zero-order chi connectivity index (χ0) is 24.6. The van der Waals surface area contributed by atoms with E-state index >= 15 is 0 Å². The smallest absolute Gasteiger partial charge is 0.219 e. The maximum absolute atomic E-state index is 12.0. The summed E-state index contributed by atoms with van der Waals surface area (Å²) in [6.07, 6.45) is 12.8. The molecule has 0 saturated heterocycles. The van der Waals surface area contributed by atoms with Gasteiger partial charge in [0, 0.05) is 20.0 Å². The van der Waals surface area contributed by atoms with Crippen molar-refractivity contribution in [1.29, 1.82) is 0 Å². The second kappa shape index (κ2) is 7.95. The van der Waals surface area contributed by atoms with E-state index in [-0.39, 0.29) is 5.91 Å². The molecule has 1 amide bonds. The van der Waals surface area contributed by atoms with E-state index in [0.717, 1.165) is 24.7 Å². The summed E-state index contributed by atoms with van der Waals surface area (Å²) in [6.45, 7) is 9.61. The molecule has 6 rings (SSSR count). The topological polar surface area (TPSA) is 20.3 Å². The summed E-state index contributed by atoms with van der Waals surface area (Å²) in [6, 6.07) is 16.5. The number of carbonyl (C=O) groups excluding carboxylic acids is 1. The van der Waals surface area contributed by atoms with Crippen LogP contribution >= 0.6 is 0 Å². The maximum Gasteiger partial charge on any atom is 0.219 e. The minimum Gasteiger partial charge on any atom is -0.343 e. The number of benzene rings is 2. The van der Waals surface area contributed by atoms with Gasteiger partial charge in [0.05, 0.1) is 0 Å². The van der Waals surface area contributed by atoms with E-state index in [1.54, 1.807) is 18.1 Å². The summed E-state index contributed by atoms with van der Waals surface area (Å²) in [4.78, 5) is 14.0. The Bertz CT molecular complexity index is 1200. The first-order valence-electron chi connectivity index (χ1n) is 14.1. The zero-order valence-corrected chi connectivity index (χ0v) is 22.4. The highest BCUT2D eigenvalue weighted by atomic mass is 16.2. The molecule has 2 nitrogen and oxygen atoms in total. The number of hydrogen-bond acceptors (Lipinski definition) is 1. The first kappa shape index (κ1) is 23.3. The van der Waals surface area contributed by atoms with Gasteiger partial charge >= 0.3 is 0 Å². The van der Waals surface area contributed by atoms with Gasteiger partial charge in [-0.3, -0.25) is 4.79 Å². The number of rotatable bonds is 2. The predicted octanol–water partition coefficient (Wildman–Crippen LogP) is 8.12.